The van der Waals surface area contributed by atoms with Crippen LogP contribution in [0.25, 0.3) is 0 Å². The number of hydrogen-bond donors (Lipinski definition) is 1. The molecule has 1 fully saturated rings. The van der Waals surface area contributed by atoms with E-state index in [1.807, 2.05) is 13.8 Å². The zero-order chi connectivity index (χ0) is 12.9. The van der Waals surface area contributed by atoms with Gasteiger partial charge in [0.1, 0.15) is 0 Å². The largest absolute Gasteiger partial charge is 0.329 e. The van der Waals surface area contributed by atoms with Crippen molar-refractivity contribution in [1.29, 1.82) is 0 Å². The van der Waals surface area contributed by atoms with Gasteiger partial charge >= 0.3 is 0 Å². The lowest BCUT2D eigenvalue weighted by molar-refractivity contribution is 0.258. The summed E-state index contributed by atoms with van der Waals surface area (Å²) in [6.45, 7) is 4.62. The first-order valence-electron chi connectivity index (χ1n) is 6.78. The molecule has 1 saturated carbocycles. The highest BCUT2D eigenvalue weighted by Crippen LogP contribution is 2.26. The summed E-state index contributed by atoms with van der Waals surface area (Å²) < 4.78 is 26.6. The van der Waals surface area contributed by atoms with Crippen LogP contribution in [0.4, 0.5) is 0 Å². The van der Waals surface area contributed by atoms with Gasteiger partial charge in [-0.15, -0.1) is 0 Å². The van der Waals surface area contributed by atoms with Gasteiger partial charge in [-0.3, -0.25) is 0 Å². The number of sulfonamides is 1. The SMILES string of the molecule is CCC(CN)S(=O)(=O)N(CC)C1CCCCC1. The molecule has 5 heteroatoms. The van der Waals surface area contributed by atoms with E-state index in [0.29, 0.717) is 13.0 Å². The summed E-state index contributed by atoms with van der Waals surface area (Å²) in [5, 5.41) is -0.413. The van der Waals surface area contributed by atoms with Crippen molar-refractivity contribution in [3.05, 3.63) is 0 Å². The van der Waals surface area contributed by atoms with E-state index in [4.69, 9.17) is 5.73 Å². The molecule has 0 aromatic heterocycles. The maximum Gasteiger partial charge on any atom is 0.218 e. The molecule has 0 aromatic carbocycles. The molecule has 1 rings (SSSR count). The molecule has 0 saturated heterocycles. The molecule has 1 unspecified atom stereocenters. The molecule has 0 radical (unpaired) electrons. The second kappa shape index (κ2) is 6.71. The van der Waals surface area contributed by atoms with Crippen LogP contribution in [0.15, 0.2) is 0 Å². The van der Waals surface area contributed by atoms with Gasteiger partial charge in [0, 0.05) is 19.1 Å². The first-order valence-corrected chi connectivity index (χ1v) is 8.28. The van der Waals surface area contributed by atoms with Crippen LogP contribution in [0.2, 0.25) is 0 Å². The molecule has 17 heavy (non-hydrogen) atoms. The van der Waals surface area contributed by atoms with Crippen molar-refractivity contribution in [3.63, 3.8) is 0 Å². The molecule has 0 aliphatic heterocycles. The van der Waals surface area contributed by atoms with E-state index in [2.05, 4.69) is 0 Å². The number of nitrogens with two attached hydrogens (primary N) is 1. The monoisotopic (exact) mass is 262 g/mol. The van der Waals surface area contributed by atoms with Crippen LogP contribution in [0.3, 0.4) is 0 Å². The first-order chi connectivity index (χ1) is 8.07. The Kier molecular flexibility index (Phi) is 5.89. The third-order valence-electron chi connectivity index (χ3n) is 3.76. The van der Waals surface area contributed by atoms with Crippen molar-refractivity contribution in [2.45, 2.75) is 63.7 Å². The summed E-state index contributed by atoms with van der Waals surface area (Å²) >= 11 is 0. The molecule has 0 amide bonds. The van der Waals surface area contributed by atoms with Gasteiger partial charge in [-0.1, -0.05) is 33.1 Å². The summed E-state index contributed by atoms with van der Waals surface area (Å²) in [5.41, 5.74) is 5.59. The Morgan fingerprint density at radius 3 is 2.24 bits per heavy atom. The minimum Gasteiger partial charge on any atom is -0.329 e. The van der Waals surface area contributed by atoms with Crippen molar-refractivity contribution < 1.29 is 8.42 Å². The molecule has 1 aliphatic carbocycles. The second-order valence-corrected chi connectivity index (χ2v) is 6.97. The van der Waals surface area contributed by atoms with E-state index in [-0.39, 0.29) is 12.6 Å². The topological polar surface area (TPSA) is 63.4 Å². The van der Waals surface area contributed by atoms with Crippen LogP contribution < -0.4 is 5.73 Å². The van der Waals surface area contributed by atoms with Gasteiger partial charge in [0.15, 0.2) is 0 Å². The van der Waals surface area contributed by atoms with Gasteiger partial charge in [-0.05, 0) is 19.3 Å². The maximum absolute atomic E-state index is 12.5. The van der Waals surface area contributed by atoms with Crippen LogP contribution in [0.5, 0.6) is 0 Å². The van der Waals surface area contributed by atoms with Gasteiger partial charge in [0.2, 0.25) is 10.0 Å². The van der Waals surface area contributed by atoms with Crippen molar-refractivity contribution in [2.24, 2.45) is 5.73 Å². The molecular weight excluding hydrogens is 236 g/mol. The van der Waals surface area contributed by atoms with Gasteiger partial charge in [-0.25, -0.2) is 8.42 Å². The first kappa shape index (κ1) is 14.9. The van der Waals surface area contributed by atoms with Crippen LogP contribution in [-0.2, 0) is 10.0 Å². The highest BCUT2D eigenvalue weighted by Gasteiger charge is 2.34. The predicted octanol–water partition coefficient (Wildman–Crippen LogP) is 1.71. The van der Waals surface area contributed by atoms with Crippen LogP contribution in [0, 0.1) is 0 Å². The van der Waals surface area contributed by atoms with Gasteiger partial charge in [0.25, 0.3) is 0 Å². The van der Waals surface area contributed by atoms with E-state index >= 15 is 0 Å². The molecule has 102 valence electrons. The van der Waals surface area contributed by atoms with E-state index in [0.717, 1.165) is 25.7 Å². The Labute approximate surface area is 106 Å². The minimum atomic E-state index is -3.20. The lowest BCUT2D eigenvalue weighted by Gasteiger charge is -2.34. The zero-order valence-electron chi connectivity index (χ0n) is 11.1. The fourth-order valence-electron chi connectivity index (χ4n) is 2.71. The van der Waals surface area contributed by atoms with E-state index in [1.165, 1.54) is 6.42 Å². The third kappa shape index (κ3) is 3.42. The molecular formula is C12H26N2O2S. The van der Waals surface area contributed by atoms with E-state index in [9.17, 15) is 8.42 Å². The molecule has 2 N–H and O–H groups in total. The van der Waals surface area contributed by atoms with Crippen LogP contribution in [-0.4, -0.2) is 37.1 Å². The molecule has 4 nitrogen and oxygen atoms in total. The minimum absolute atomic E-state index is 0.208. The summed E-state index contributed by atoms with van der Waals surface area (Å²) in [6.07, 6.45) is 6.15. The number of hydrogen-bond acceptors (Lipinski definition) is 3. The highest BCUT2D eigenvalue weighted by atomic mass is 32.2. The van der Waals surface area contributed by atoms with Gasteiger partial charge in [-0.2, -0.15) is 4.31 Å². The highest BCUT2D eigenvalue weighted by molar-refractivity contribution is 7.89. The second-order valence-electron chi connectivity index (χ2n) is 4.81. The average Bonchev–Trinajstić information content (AvgIpc) is 2.32. The molecule has 1 aliphatic rings. The van der Waals surface area contributed by atoms with Crippen LogP contribution in [0.1, 0.15) is 52.4 Å². The van der Waals surface area contributed by atoms with Crippen molar-refractivity contribution >= 4 is 10.0 Å². The lowest BCUT2D eigenvalue weighted by atomic mass is 9.95. The molecule has 1 atom stereocenters. The number of rotatable bonds is 6. The predicted molar refractivity (Wildman–Crippen MR) is 71.3 cm³/mol. The normalized spacial score (nSPS) is 20.7. The van der Waals surface area contributed by atoms with E-state index in [1.54, 1.807) is 4.31 Å². The quantitative estimate of drug-likeness (QED) is 0.792. The van der Waals surface area contributed by atoms with Crippen molar-refractivity contribution in [2.75, 3.05) is 13.1 Å². The van der Waals surface area contributed by atoms with Gasteiger partial charge in [0.05, 0.1) is 5.25 Å². The average molecular weight is 262 g/mol. The summed E-state index contributed by atoms with van der Waals surface area (Å²) in [6, 6.07) is 0.208. The zero-order valence-corrected chi connectivity index (χ0v) is 11.9. The smallest absolute Gasteiger partial charge is 0.218 e. The van der Waals surface area contributed by atoms with Crippen molar-refractivity contribution in [3.8, 4) is 0 Å². The Bertz CT molecular complexity index is 306. The Balaban J connectivity index is 2.84. The lowest BCUT2D eigenvalue weighted by Crippen LogP contribution is -2.47. The van der Waals surface area contributed by atoms with Crippen LogP contribution >= 0.6 is 0 Å². The standard InChI is InChI=1S/C12H26N2O2S/c1-3-12(10-13)17(15,16)14(4-2)11-8-6-5-7-9-11/h11-12H,3-10,13H2,1-2H3. The Hall–Kier alpha value is -0.130. The third-order valence-corrected chi connectivity index (χ3v) is 6.34. The maximum atomic E-state index is 12.5. The molecule has 0 spiro atoms. The summed E-state index contributed by atoms with van der Waals surface area (Å²) in [7, 11) is -3.20. The fourth-order valence-corrected chi connectivity index (χ4v) is 4.74. The Morgan fingerprint density at radius 1 is 1.24 bits per heavy atom. The summed E-state index contributed by atoms with van der Waals surface area (Å²) in [5.74, 6) is 0. The van der Waals surface area contributed by atoms with Crippen molar-refractivity contribution in [1.82, 2.24) is 4.31 Å². The molecule has 0 bridgehead atoms. The Morgan fingerprint density at radius 2 is 1.82 bits per heavy atom. The number of nitrogens with zero attached hydrogens (tertiary/aromatic N) is 1. The van der Waals surface area contributed by atoms with E-state index < -0.39 is 15.3 Å². The van der Waals surface area contributed by atoms with Gasteiger partial charge < -0.3 is 5.73 Å². The fraction of sp³-hybridized carbons (Fsp3) is 1.00. The molecule has 0 aromatic rings. The summed E-state index contributed by atoms with van der Waals surface area (Å²) in [4.78, 5) is 0. The molecule has 0 heterocycles.